The standard InChI is InChI=1S/C22H24ClNO4/c1-27-20-11-7-16(14-21(20)28-2)18-4-3-13-24(18)22(26)12-10-19(25)15-5-8-17(23)9-6-15/h5-9,11,14,18H,3-4,10,12-13H2,1-2H3. The van der Waals surface area contributed by atoms with Crippen LogP contribution in [0.15, 0.2) is 42.5 Å². The summed E-state index contributed by atoms with van der Waals surface area (Å²) in [5, 5.41) is 0.586. The van der Waals surface area contributed by atoms with Gasteiger partial charge in [0.2, 0.25) is 5.91 Å². The summed E-state index contributed by atoms with van der Waals surface area (Å²) < 4.78 is 10.7. The van der Waals surface area contributed by atoms with Gasteiger partial charge in [0.05, 0.1) is 20.3 Å². The number of carbonyl (C=O) groups is 2. The van der Waals surface area contributed by atoms with Gasteiger partial charge >= 0.3 is 0 Å². The Bertz CT molecular complexity index is 850. The number of hydrogen-bond acceptors (Lipinski definition) is 4. The minimum atomic E-state index is -0.0492. The molecule has 3 rings (SSSR count). The molecule has 5 nitrogen and oxygen atoms in total. The van der Waals surface area contributed by atoms with Gasteiger partial charge in [-0.2, -0.15) is 0 Å². The Morgan fingerprint density at radius 1 is 1.04 bits per heavy atom. The highest BCUT2D eigenvalue weighted by Gasteiger charge is 2.30. The molecule has 1 atom stereocenters. The molecule has 1 aliphatic heterocycles. The third-order valence-corrected chi connectivity index (χ3v) is 5.35. The molecule has 1 saturated heterocycles. The zero-order valence-corrected chi connectivity index (χ0v) is 16.9. The van der Waals surface area contributed by atoms with Crippen LogP contribution >= 0.6 is 11.6 Å². The highest BCUT2D eigenvalue weighted by Crippen LogP contribution is 2.37. The van der Waals surface area contributed by atoms with E-state index in [4.69, 9.17) is 21.1 Å². The molecule has 148 valence electrons. The molecule has 0 radical (unpaired) electrons. The van der Waals surface area contributed by atoms with Gasteiger partial charge in [0, 0.05) is 30.0 Å². The summed E-state index contributed by atoms with van der Waals surface area (Å²) in [6.45, 7) is 0.701. The molecule has 0 aromatic heterocycles. The van der Waals surface area contributed by atoms with Crippen molar-refractivity contribution in [3.8, 4) is 11.5 Å². The molecular weight excluding hydrogens is 378 g/mol. The van der Waals surface area contributed by atoms with Crippen LogP contribution in [0.4, 0.5) is 0 Å². The second kappa shape index (κ2) is 9.11. The fourth-order valence-corrected chi connectivity index (χ4v) is 3.74. The molecule has 6 heteroatoms. The molecule has 1 heterocycles. The minimum Gasteiger partial charge on any atom is -0.493 e. The molecule has 1 aliphatic rings. The average molecular weight is 402 g/mol. The van der Waals surface area contributed by atoms with Crippen molar-refractivity contribution < 1.29 is 19.1 Å². The number of benzene rings is 2. The molecule has 0 bridgehead atoms. The van der Waals surface area contributed by atoms with Gasteiger partial charge in [-0.15, -0.1) is 0 Å². The van der Waals surface area contributed by atoms with Crippen LogP contribution in [0.25, 0.3) is 0 Å². The molecule has 0 saturated carbocycles. The molecule has 1 unspecified atom stereocenters. The minimum absolute atomic E-state index is 0.000372. The van der Waals surface area contributed by atoms with Crippen molar-refractivity contribution in [1.29, 1.82) is 0 Å². The first-order valence-corrected chi connectivity index (χ1v) is 9.71. The molecule has 0 N–H and O–H groups in total. The fraction of sp³-hybridized carbons (Fsp3) is 0.364. The first-order chi connectivity index (χ1) is 13.5. The zero-order chi connectivity index (χ0) is 20.1. The van der Waals surface area contributed by atoms with Crippen molar-refractivity contribution in [3.63, 3.8) is 0 Å². The Hall–Kier alpha value is -2.53. The van der Waals surface area contributed by atoms with Crippen molar-refractivity contribution >= 4 is 23.3 Å². The number of methoxy groups -OCH3 is 2. The normalized spacial score (nSPS) is 16.1. The maximum atomic E-state index is 12.8. The summed E-state index contributed by atoms with van der Waals surface area (Å²) in [7, 11) is 3.20. The molecule has 1 fully saturated rings. The van der Waals surface area contributed by atoms with E-state index in [1.807, 2.05) is 23.1 Å². The largest absolute Gasteiger partial charge is 0.493 e. The predicted octanol–water partition coefficient (Wildman–Crippen LogP) is 4.68. The second-order valence-electron chi connectivity index (χ2n) is 6.79. The van der Waals surface area contributed by atoms with Crippen LogP contribution in [-0.2, 0) is 4.79 Å². The number of amides is 1. The predicted molar refractivity (Wildman–Crippen MR) is 108 cm³/mol. The van der Waals surface area contributed by atoms with Crippen LogP contribution < -0.4 is 9.47 Å². The maximum absolute atomic E-state index is 12.8. The summed E-state index contributed by atoms with van der Waals surface area (Å²) >= 11 is 5.86. The van der Waals surface area contributed by atoms with E-state index in [2.05, 4.69) is 0 Å². The van der Waals surface area contributed by atoms with Crippen LogP contribution in [0.3, 0.4) is 0 Å². The summed E-state index contributed by atoms with van der Waals surface area (Å²) in [4.78, 5) is 27.0. The van der Waals surface area contributed by atoms with Crippen LogP contribution in [0.1, 0.15) is 47.6 Å². The van der Waals surface area contributed by atoms with E-state index < -0.39 is 0 Å². The van der Waals surface area contributed by atoms with Crippen molar-refractivity contribution in [3.05, 3.63) is 58.6 Å². The SMILES string of the molecule is COc1ccc(C2CCCN2C(=O)CCC(=O)c2ccc(Cl)cc2)cc1OC. The van der Waals surface area contributed by atoms with Crippen LogP contribution in [0, 0.1) is 0 Å². The molecule has 0 spiro atoms. The molecule has 1 amide bonds. The van der Waals surface area contributed by atoms with Gasteiger partial charge < -0.3 is 14.4 Å². The summed E-state index contributed by atoms with van der Waals surface area (Å²) in [5.41, 5.74) is 1.60. The van der Waals surface area contributed by atoms with Crippen LogP contribution in [-0.4, -0.2) is 37.4 Å². The summed E-state index contributed by atoms with van der Waals surface area (Å²) in [5.74, 6) is 1.26. The van der Waals surface area contributed by atoms with Gasteiger partial charge in [-0.25, -0.2) is 0 Å². The lowest BCUT2D eigenvalue weighted by atomic mass is 10.0. The third-order valence-electron chi connectivity index (χ3n) is 5.10. The van der Waals surface area contributed by atoms with E-state index >= 15 is 0 Å². The Balaban J connectivity index is 1.66. The first kappa shape index (κ1) is 20.2. The van der Waals surface area contributed by atoms with Crippen LogP contribution in [0.5, 0.6) is 11.5 Å². The number of Topliss-reactive ketones (excluding diaryl/α,β-unsaturated/α-hetero) is 1. The Labute approximate surface area is 170 Å². The van der Waals surface area contributed by atoms with Gasteiger partial charge in [0.1, 0.15) is 0 Å². The number of ketones is 1. The van der Waals surface area contributed by atoms with Crippen molar-refractivity contribution in [2.24, 2.45) is 0 Å². The highest BCUT2D eigenvalue weighted by atomic mass is 35.5. The lowest BCUT2D eigenvalue weighted by Gasteiger charge is -2.25. The lowest BCUT2D eigenvalue weighted by molar-refractivity contribution is -0.132. The average Bonchev–Trinajstić information content (AvgIpc) is 3.21. The number of carbonyl (C=O) groups excluding carboxylic acids is 2. The topological polar surface area (TPSA) is 55.8 Å². The van der Waals surface area contributed by atoms with Gasteiger partial charge in [-0.1, -0.05) is 17.7 Å². The van der Waals surface area contributed by atoms with Crippen molar-refractivity contribution in [1.82, 2.24) is 4.90 Å². The Kier molecular flexibility index (Phi) is 6.57. The van der Waals surface area contributed by atoms with Gasteiger partial charge in [0.25, 0.3) is 0 Å². The third kappa shape index (κ3) is 4.47. The summed E-state index contributed by atoms with van der Waals surface area (Å²) in [6, 6.07) is 12.5. The first-order valence-electron chi connectivity index (χ1n) is 9.33. The van der Waals surface area contributed by atoms with E-state index in [0.717, 1.165) is 18.4 Å². The monoisotopic (exact) mass is 401 g/mol. The number of halogens is 1. The fourth-order valence-electron chi connectivity index (χ4n) is 3.62. The maximum Gasteiger partial charge on any atom is 0.223 e. The number of likely N-dealkylation sites (tertiary alicyclic amines) is 1. The van der Waals surface area contributed by atoms with Gasteiger partial charge in [0.15, 0.2) is 17.3 Å². The number of rotatable bonds is 7. The number of ether oxygens (including phenoxy) is 2. The summed E-state index contributed by atoms with van der Waals surface area (Å²) in [6.07, 6.45) is 2.23. The quantitative estimate of drug-likeness (QED) is 0.632. The molecule has 2 aromatic carbocycles. The Morgan fingerprint density at radius 2 is 1.75 bits per heavy atom. The van der Waals surface area contributed by atoms with Crippen molar-refractivity contribution in [2.75, 3.05) is 20.8 Å². The van der Waals surface area contributed by atoms with E-state index in [1.165, 1.54) is 0 Å². The van der Waals surface area contributed by atoms with Crippen LogP contribution in [0.2, 0.25) is 5.02 Å². The highest BCUT2D eigenvalue weighted by molar-refractivity contribution is 6.30. The molecular formula is C22H24ClNO4. The van der Waals surface area contributed by atoms with E-state index in [0.29, 0.717) is 28.6 Å². The second-order valence-corrected chi connectivity index (χ2v) is 7.23. The van der Waals surface area contributed by atoms with E-state index in [9.17, 15) is 9.59 Å². The van der Waals surface area contributed by atoms with Crippen molar-refractivity contribution in [2.45, 2.75) is 31.7 Å². The number of nitrogens with zero attached hydrogens (tertiary/aromatic N) is 1. The number of hydrogen-bond donors (Lipinski definition) is 0. The smallest absolute Gasteiger partial charge is 0.223 e. The van der Waals surface area contributed by atoms with Gasteiger partial charge in [-0.3, -0.25) is 9.59 Å². The lowest BCUT2D eigenvalue weighted by Crippen LogP contribution is -2.30. The molecule has 0 aliphatic carbocycles. The van der Waals surface area contributed by atoms with Gasteiger partial charge in [-0.05, 0) is 54.8 Å². The molecule has 28 heavy (non-hydrogen) atoms. The molecule has 2 aromatic rings. The zero-order valence-electron chi connectivity index (χ0n) is 16.1. The Morgan fingerprint density at radius 3 is 2.43 bits per heavy atom. The van der Waals surface area contributed by atoms with E-state index in [1.54, 1.807) is 38.5 Å². The van der Waals surface area contributed by atoms with E-state index in [-0.39, 0.29) is 30.6 Å².